The van der Waals surface area contributed by atoms with Crippen LogP contribution in [0.2, 0.25) is 0 Å². The summed E-state index contributed by atoms with van der Waals surface area (Å²) in [5.74, 6) is 0. The van der Waals surface area contributed by atoms with Gasteiger partial charge in [-0.05, 0) is 68.9 Å². The predicted molar refractivity (Wildman–Crippen MR) is 227 cm³/mol. The van der Waals surface area contributed by atoms with Crippen molar-refractivity contribution in [3.05, 3.63) is 203 Å². The van der Waals surface area contributed by atoms with Crippen molar-refractivity contribution in [1.29, 1.82) is 0 Å². The molecular formula is C52H30N4. The number of para-hydroxylation sites is 1. The van der Waals surface area contributed by atoms with Gasteiger partial charge in [-0.15, -0.1) is 0 Å². The number of rotatable bonds is 4. The van der Waals surface area contributed by atoms with Crippen molar-refractivity contribution < 1.29 is 0 Å². The van der Waals surface area contributed by atoms with Gasteiger partial charge in [0.05, 0.1) is 45.0 Å². The second-order valence-corrected chi connectivity index (χ2v) is 14.5. The lowest BCUT2D eigenvalue weighted by Crippen LogP contribution is -2.02. The molecule has 2 aliphatic rings. The van der Waals surface area contributed by atoms with Crippen molar-refractivity contribution in [3.63, 3.8) is 0 Å². The van der Waals surface area contributed by atoms with E-state index in [2.05, 4.69) is 176 Å². The standard InChI is InChI=1S/C52H30N4/c1-2-14-31(15-3-1)32-16-4-5-17-33(32)34-18-6-9-22-38(34)47-42(46-30-53-51-39-23-10-7-19-35(39)36-20-8-11-24-40(36)52(51)56-46)27-29-44-48(47)49-45(54-44)28-26-41-37-21-12-13-25-43(37)55-50(41)49/h1-30H. The molecule has 10 aromatic rings. The zero-order valence-electron chi connectivity index (χ0n) is 30.1. The highest BCUT2D eigenvalue weighted by Crippen LogP contribution is 2.51. The summed E-state index contributed by atoms with van der Waals surface area (Å²) in [6, 6.07) is 62.2. The molecule has 0 radical (unpaired) electrons. The highest BCUT2D eigenvalue weighted by molar-refractivity contribution is 6.23. The van der Waals surface area contributed by atoms with Crippen LogP contribution in [0.25, 0.3) is 88.3 Å². The summed E-state index contributed by atoms with van der Waals surface area (Å²) in [5, 5.41) is 8.73. The van der Waals surface area contributed by atoms with Crippen molar-refractivity contribution in [3.8, 4) is 55.8 Å². The molecule has 9 aromatic carbocycles. The van der Waals surface area contributed by atoms with Gasteiger partial charge < -0.3 is 0 Å². The number of fused-ring (bicyclic) bond motifs is 12. The molecule has 0 bridgehead atoms. The van der Waals surface area contributed by atoms with Gasteiger partial charge in [0, 0.05) is 43.5 Å². The van der Waals surface area contributed by atoms with Gasteiger partial charge in [0.15, 0.2) is 0 Å². The van der Waals surface area contributed by atoms with Crippen LogP contribution >= 0.6 is 0 Å². The Bertz CT molecular complexity index is 3500. The summed E-state index contributed by atoms with van der Waals surface area (Å²) >= 11 is 0. The van der Waals surface area contributed by atoms with E-state index in [0.29, 0.717) is 0 Å². The van der Waals surface area contributed by atoms with Crippen LogP contribution in [0, 0.1) is 10.4 Å². The van der Waals surface area contributed by atoms with Crippen LogP contribution in [0.1, 0.15) is 0 Å². The first kappa shape index (κ1) is 30.9. The van der Waals surface area contributed by atoms with Crippen LogP contribution in [0.4, 0.5) is 11.4 Å². The fourth-order valence-electron chi connectivity index (χ4n) is 9.01. The van der Waals surface area contributed by atoms with E-state index in [0.717, 1.165) is 99.0 Å². The molecule has 0 atom stereocenters. The van der Waals surface area contributed by atoms with Gasteiger partial charge in [0.1, 0.15) is 0 Å². The molecule has 12 rings (SSSR count). The van der Waals surface area contributed by atoms with Crippen molar-refractivity contribution in [2.45, 2.75) is 0 Å². The maximum absolute atomic E-state index is 5.55. The predicted octanol–water partition coefficient (Wildman–Crippen LogP) is 12.1. The summed E-state index contributed by atoms with van der Waals surface area (Å²) in [7, 11) is 0. The fourth-order valence-corrected chi connectivity index (χ4v) is 9.01. The summed E-state index contributed by atoms with van der Waals surface area (Å²) in [6.07, 6.45) is 1.96. The van der Waals surface area contributed by atoms with Gasteiger partial charge >= 0.3 is 0 Å². The molecule has 2 aliphatic heterocycles. The summed E-state index contributed by atoms with van der Waals surface area (Å²) in [5.41, 5.74) is 14.4. The van der Waals surface area contributed by atoms with Crippen molar-refractivity contribution in [2.75, 3.05) is 0 Å². The van der Waals surface area contributed by atoms with E-state index in [4.69, 9.17) is 20.0 Å². The Kier molecular flexibility index (Phi) is 6.60. The summed E-state index contributed by atoms with van der Waals surface area (Å²) in [4.78, 5) is 21.3. The smallest absolute Gasteiger partial charge is 0.0979 e. The average molecular weight is 711 g/mol. The molecule has 0 aliphatic carbocycles. The Labute approximate surface area is 321 Å². The molecule has 4 nitrogen and oxygen atoms in total. The lowest BCUT2D eigenvalue weighted by Gasteiger charge is -2.20. The molecule has 4 heteroatoms. The first-order chi connectivity index (χ1) is 27.8. The lowest BCUT2D eigenvalue weighted by atomic mass is 9.83. The lowest BCUT2D eigenvalue weighted by molar-refractivity contribution is 1.31. The largest absolute Gasteiger partial charge is 0.252 e. The van der Waals surface area contributed by atoms with Crippen LogP contribution in [-0.2, 0) is 0 Å². The summed E-state index contributed by atoms with van der Waals surface area (Å²) < 4.78 is 0. The first-order valence-electron chi connectivity index (χ1n) is 19.0. The Balaban J connectivity index is 1.20. The Hall–Kier alpha value is -7.56. The summed E-state index contributed by atoms with van der Waals surface area (Å²) in [6.45, 7) is 0. The number of hydrogen-bond donors (Lipinski definition) is 0. The van der Waals surface area contributed by atoms with E-state index >= 15 is 0 Å². The topological polar surface area (TPSA) is 50.5 Å². The van der Waals surface area contributed by atoms with E-state index < -0.39 is 0 Å². The van der Waals surface area contributed by atoms with Crippen molar-refractivity contribution in [1.82, 2.24) is 9.97 Å². The Morgan fingerprint density at radius 1 is 0.339 bits per heavy atom. The third-order valence-corrected chi connectivity index (χ3v) is 11.5. The SMILES string of the molecule is c1ccc(-c2ccccc2-c2ccccc2-c2c(-c3cnc4c5ccccc5c5ccccc5c4n3)ccc3c2-c2c4c(ccc2=N3)=c2ccccc2=N4)cc1. The number of hydrogen-bond acceptors (Lipinski definition) is 4. The molecule has 0 saturated carbocycles. The van der Waals surface area contributed by atoms with Crippen LogP contribution in [0.5, 0.6) is 0 Å². The minimum atomic E-state index is 0.808. The number of benzene rings is 9. The van der Waals surface area contributed by atoms with Crippen molar-refractivity contribution >= 4 is 44.0 Å². The van der Waals surface area contributed by atoms with Crippen LogP contribution in [0.15, 0.2) is 192 Å². The zero-order chi connectivity index (χ0) is 36.7. The molecule has 1 aromatic heterocycles. The van der Waals surface area contributed by atoms with Gasteiger partial charge in [-0.2, -0.15) is 0 Å². The van der Waals surface area contributed by atoms with Gasteiger partial charge in [0.25, 0.3) is 0 Å². The number of aromatic nitrogens is 2. The van der Waals surface area contributed by atoms with E-state index in [-0.39, 0.29) is 0 Å². The second kappa shape index (κ2) is 12.0. The highest BCUT2D eigenvalue weighted by Gasteiger charge is 2.29. The van der Waals surface area contributed by atoms with Gasteiger partial charge in [0.2, 0.25) is 0 Å². The van der Waals surface area contributed by atoms with Crippen LogP contribution < -0.4 is 10.7 Å². The molecule has 0 saturated heterocycles. The van der Waals surface area contributed by atoms with Gasteiger partial charge in [-0.1, -0.05) is 146 Å². The van der Waals surface area contributed by atoms with Crippen LogP contribution in [-0.4, -0.2) is 9.97 Å². The average Bonchev–Trinajstić information content (AvgIpc) is 3.85. The minimum Gasteiger partial charge on any atom is -0.252 e. The fraction of sp³-hybridized carbons (Fsp3) is 0. The molecular weight excluding hydrogens is 681 g/mol. The molecule has 0 amide bonds. The number of nitrogens with zero attached hydrogens (tertiary/aromatic N) is 4. The third-order valence-electron chi connectivity index (χ3n) is 11.5. The highest BCUT2D eigenvalue weighted by atomic mass is 14.8. The molecule has 56 heavy (non-hydrogen) atoms. The first-order valence-corrected chi connectivity index (χ1v) is 19.0. The maximum atomic E-state index is 5.55. The van der Waals surface area contributed by atoms with E-state index in [1.807, 2.05) is 6.20 Å². The van der Waals surface area contributed by atoms with Gasteiger partial charge in [-0.3, -0.25) is 4.98 Å². The molecule has 0 N–H and O–H groups in total. The van der Waals surface area contributed by atoms with E-state index in [9.17, 15) is 0 Å². The maximum Gasteiger partial charge on any atom is 0.0979 e. The monoisotopic (exact) mass is 710 g/mol. The molecule has 0 spiro atoms. The van der Waals surface area contributed by atoms with E-state index in [1.165, 1.54) is 21.9 Å². The molecule has 0 fully saturated rings. The second-order valence-electron chi connectivity index (χ2n) is 14.5. The van der Waals surface area contributed by atoms with Crippen molar-refractivity contribution in [2.24, 2.45) is 9.98 Å². The quantitative estimate of drug-likeness (QED) is 0.171. The Morgan fingerprint density at radius 2 is 0.964 bits per heavy atom. The Morgan fingerprint density at radius 3 is 1.75 bits per heavy atom. The molecule has 0 unspecified atom stereocenters. The normalized spacial score (nSPS) is 12.2. The van der Waals surface area contributed by atoms with Crippen LogP contribution in [0.3, 0.4) is 0 Å². The van der Waals surface area contributed by atoms with E-state index in [1.54, 1.807) is 0 Å². The molecule has 3 heterocycles. The van der Waals surface area contributed by atoms with Gasteiger partial charge in [-0.25, -0.2) is 15.0 Å². The minimum absolute atomic E-state index is 0.808. The zero-order valence-corrected chi connectivity index (χ0v) is 30.1. The molecule has 258 valence electrons. The third kappa shape index (κ3) is 4.47.